The van der Waals surface area contributed by atoms with Gasteiger partial charge in [0, 0.05) is 12.1 Å². The van der Waals surface area contributed by atoms with E-state index in [-0.39, 0.29) is 5.41 Å². The molecule has 0 radical (unpaired) electrons. The lowest BCUT2D eigenvalue weighted by Gasteiger charge is -2.51. The molecule has 2 saturated carbocycles. The van der Waals surface area contributed by atoms with Crippen LogP contribution in [-0.2, 0) is 0 Å². The lowest BCUT2D eigenvalue weighted by molar-refractivity contribution is 0.0590. The molecule has 1 N–H and O–H groups in total. The zero-order valence-corrected chi connectivity index (χ0v) is 10.4. The molecular weight excluding hydrogens is 198 g/mol. The fourth-order valence-corrected chi connectivity index (χ4v) is 3.83. The van der Waals surface area contributed by atoms with Crippen molar-refractivity contribution in [3.63, 3.8) is 0 Å². The Morgan fingerprint density at radius 2 is 2.25 bits per heavy atom. The second-order valence-corrected chi connectivity index (χ2v) is 5.88. The highest BCUT2D eigenvalue weighted by atomic mass is 16.4. The van der Waals surface area contributed by atoms with Gasteiger partial charge in [-0.3, -0.25) is 0 Å². The average Bonchev–Trinajstić information content (AvgIpc) is 2.26. The second-order valence-electron chi connectivity index (χ2n) is 5.88. The van der Waals surface area contributed by atoms with E-state index in [9.17, 15) is 0 Å². The van der Waals surface area contributed by atoms with Crippen molar-refractivity contribution in [3.05, 3.63) is 12.2 Å². The molecule has 0 aromatic carbocycles. The first kappa shape index (κ1) is 11.7. The summed E-state index contributed by atoms with van der Waals surface area (Å²) in [4.78, 5) is 0. The number of fused-ring (bicyclic) bond motifs is 1. The summed E-state index contributed by atoms with van der Waals surface area (Å²) in [6.07, 6.45) is 7.95. The van der Waals surface area contributed by atoms with E-state index in [0.29, 0.717) is 17.8 Å². The van der Waals surface area contributed by atoms with Gasteiger partial charge in [-0.05, 0) is 49.4 Å². The maximum absolute atomic E-state index is 8.82. The highest BCUT2D eigenvalue weighted by Crippen LogP contribution is 2.55. The zero-order chi connectivity index (χ0) is 11.8. The molecule has 2 aliphatic carbocycles. The topological polar surface area (TPSA) is 32.6 Å². The maximum Gasteiger partial charge on any atom is 0.0472 e. The fourth-order valence-electron chi connectivity index (χ4n) is 3.83. The van der Waals surface area contributed by atoms with E-state index in [4.69, 9.17) is 5.21 Å². The van der Waals surface area contributed by atoms with Gasteiger partial charge in [0.15, 0.2) is 0 Å². The quantitative estimate of drug-likeness (QED) is 0.310. The number of nitrogens with zero attached hydrogens (tertiary/aromatic N) is 1. The number of allylic oxidation sites excluding steroid dienone is 1. The van der Waals surface area contributed by atoms with Crippen LogP contribution in [0.15, 0.2) is 17.3 Å². The van der Waals surface area contributed by atoms with Crippen molar-refractivity contribution in [2.75, 3.05) is 0 Å². The molecule has 2 nitrogen and oxygen atoms in total. The summed E-state index contributed by atoms with van der Waals surface area (Å²) in [5.41, 5.74) is 1.71. The molecular formula is C14H23NO. The molecule has 0 amide bonds. The third-order valence-corrected chi connectivity index (χ3v) is 5.10. The number of oxime groups is 1. The van der Waals surface area contributed by atoms with Crippen LogP contribution in [0, 0.1) is 23.2 Å². The van der Waals surface area contributed by atoms with E-state index >= 15 is 0 Å². The van der Waals surface area contributed by atoms with Crippen molar-refractivity contribution >= 4 is 6.21 Å². The van der Waals surface area contributed by atoms with Crippen molar-refractivity contribution in [2.45, 2.75) is 46.0 Å². The number of hydrogen-bond acceptors (Lipinski definition) is 2. The molecule has 0 spiro atoms. The second kappa shape index (κ2) is 4.23. The molecule has 2 rings (SSSR count). The highest BCUT2D eigenvalue weighted by Gasteiger charge is 2.47. The van der Waals surface area contributed by atoms with Gasteiger partial charge in [0.2, 0.25) is 0 Å². The Hall–Kier alpha value is -0.790. The first-order valence-electron chi connectivity index (χ1n) is 6.45. The number of hydrogen-bond donors (Lipinski definition) is 1. The van der Waals surface area contributed by atoms with Crippen LogP contribution < -0.4 is 0 Å². The highest BCUT2D eigenvalue weighted by molar-refractivity contribution is 5.61. The summed E-state index contributed by atoms with van der Waals surface area (Å²) < 4.78 is 0. The molecule has 4 atom stereocenters. The molecule has 0 heterocycles. The summed E-state index contributed by atoms with van der Waals surface area (Å²) in [5, 5.41) is 12.1. The van der Waals surface area contributed by atoms with E-state index < -0.39 is 0 Å². The van der Waals surface area contributed by atoms with Crippen molar-refractivity contribution < 1.29 is 5.21 Å². The summed E-state index contributed by atoms with van der Waals surface area (Å²) in [5.74, 6) is 1.70. The first-order chi connectivity index (χ1) is 7.59. The van der Waals surface area contributed by atoms with Gasteiger partial charge in [-0.25, -0.2) is 0 Å². The molecule has 2 heteroatoms. The van der Waals surface area contributed by atoms with Crippen LogP contribution >= 0.6 is 0 Å². The van der Waals surface area contributed by atoms with Crippen LogP contribution in [0.25, 0.3) is 0 Å². The average molecular weight is 221 g/mol. The molecule has 0 bridgehead atoms. The lowest BCUT2D eigenvalue weighted by atomic mass is 9.53. The summed E-state index contributed by atoms with van der Waals surface area (Å²) in [6.45, 7) is 8.93. The van der Waals surface area contributed by atoms with Gasteiger partial charge in [-0.1, -0.05) is 26.0 Å². The van der Waals surface area contributed by atoms with Gasteiger partial charge in [0.05, 0.1) is 0 Å². The SMILES string of the molecule is C=C1CCC[C@H]2[C@@H](/C=N/O)[C@@H](C)CC[C@@]12C. The van der Waals surface area contributed by atoms with Crippen LogP contribution in [0.5, 0.6) is 0 Å². The van der Waals surface area contributed by atoms with E-state index in [1.165, 1.54) is 37.7 Å². The van der Waals surface area contributed by atoms with Crippen molar-refractivity contribution in [1.82, 2.24) is 0 Å². The van der Waals surface area contributed by atoms with Crippen molar-refractivity contribution in [2.24, 2.45) is 28.3 Å². The lowest BCUT2D eigenvalue weighted by Crippen LogP contribution is -2.44. The van der Waals surface area contributed by atoms with Gasteiger partial charge in [-0.15, -0.1) is 5.16 Å². The normalized spacial score (nSPS) is 44.6. The molecule has 0 aromatic heterocycles. The monoisotopic (exact) mass is 221 g/mol. The Balaban J connectivity index is 2.29. The third-order valence-electron chi connectivity index (χ3n) is 5.10. The summed E-state index contributed by atoms with van der Waals surface area (Å²) in [7, 11) is 0. The molecule has 2 fully saturated rings. The molecule has 2 aliphatic rings. The van der Waals surface area contributed by atoms with E-state index in [2.05, 4.69) is 25.6 Å². The molecule has 0 unspecified atom stereocenters. The molecule has 16 heavy (non-hydrogen) atoms. The number of rotatable bonds is 1. The standard InChI is InChI=1S/C14H23NO/c1-10-7-8-14(3)11(2)5-4-6-13(14)12(10)9-15-16/h9-10,12-13,16H,2,4-8H2,1,3H3/b15-9+/t10-,12-,13-,14-/m0/s1. The Morgan fingerprint density at radius 3 is 2.94 bits per heavy atom. The summed E-state index contributed by atoms with van der Waals surface area (Å²) >= 11 is 0. The Labute approximate surface area is 98.4 Å². The molecule has 0 aliphatic heterocycles. The predicted molar refractivity (Wildman–Crippen MR) is 66.8 cm³/mol. The fraction of sp³-hybridized carbons (Fsp3) is 0.786. The van der Waals surface area contributed by atoms with E-state index in [1.807, 2.05) is 0 Å². The van der Waals surface area contributed by atoms with Crippen LogP contribution in [-0.4, -0.2) is 11.4 Å². The largest absolute Gasteiger partial charge is 0.411 e. The minimum Gasteiger partial charge on any atom is -0.411 e. The predicted octanol–water partition coefficient (Wildman–Crippen LogP) is 3.86. The smallest absolute Gasteiger partial charge is 0.0472 e. The van der Waals surface area contributed by atoms with Gasteiger partial charge in [0.25, 0.3) is 0 Å². The summed E-state index contributed by atoms with van der Waals surface area (Å²) in [6, 6.07) is 0. The molecule has 0 aromatic rings. The van der Waals surface area contributed by atoms with Gasteiger partial charge >= 0.3 is 0 Å². The van der Waals surface area contributed by atoms with Crippen LogP contribution in [0.3, 0.4) is 0 Å². The maximum atomic E-state index is 8.82. The minimum absolute atomic E-state index is 0.288. The zero-order valence-electron chi connectivity index (χ0n) is 10.4. The Bertz CT molecular complexity index is 310. The van der Waals surface area contributed by atoms with E-state index in [1.54, 1.807) is 6.21 Å². The van der Waals surface area contributed by atoms with Crippen LogP contribution in [0.1, 0.15) is 46.0 Å². The Kier molecular flexibility index (Phi) is 3.09. The first-order valence-corrected chi connectivity index (χ1v) is 6.45. The van der Waals surface area contributed by atoms with Gasteiger partial charge in [0.1, 0.15) is 0 Å². The molecule has 90 valence electrons. The Morgan fingerprint density at radius 1 is 1.50 bits per heavy atom. The molecule has 0 saturated heterocycles. The van der Waals surface area contributed by atoms with Gasteiger partial charge in [-0.2, -0.15) is 0 Å². The van der Waals surface area contributed by atoms with Crippen LogP contribution in [0.2, 0.25) is 0 Å². The van der Waals surface area contributed by atoms with Crippen molar-refractivity contribution in [1.29, 1.82) is 0 Å². The van der Waals surface area contributed by atoms with Crippen molar-refractivity contribution in [3.8, 4) is 0 Å². The van der Waals surface area contributed by atoms with E-state index in [0.717, 1.165) is 0 Å². The minimum atomic E-state index is 0.288. The third kappa shape index (κ3) is 1.68. The van der Waals surface area contributed by atoms with Gasteiger partial charge < -0.3 is 5.21 Å². The van der Waals surface area contributed by atoms with Crippen LogP contribution in [0.4, 0.5) is 0 Å².